The van der Waals surface area contributed by atoms with Gasteiger partial charge in [-0.2, -0.15) is 0 Å². The Hall–Kier alpha value is -1.02. The molecule has 2 rings (SSSR count). The Morgan fingerprint density at radius 2 is 1.88 bits per heavy atom. The van der Waals surface area contributed by atoms with Gasteiger partial charge in [-0.05, 0) is 43.4 Å². The molecule has 0 amide bonds. The van der Waals surface area contributed by atoms with E-state index in [0.29, 0.717) is 6.04 Å². The van der Waals surface area contributed by atoms with Crippen molar-refractivity contribution in [3.8, 4) is 0 Å². The third-order valence-corrected chi connectivity index (χ3v) is 3.75. The van der Waals surface area contributed by atoms with Gasteiger partial charge in [0.25, 0.3) is 0 Å². The fourth-order valence-electron chi connectivity index (χ4n) is 2.56. The van der Waals surface area contributed by atoms with Gasteiger partial charge in [0.1, 0.15) is 0 Å². The van der Waals surface area contributed by atoms with Crippen molar-refractivity contribution in [1.29, 1.82) is 0 Å². The molecular weight excluding hydrogens is 210 g/mol. The van der Waals surface area contributed by atoms with Crippen LogP contribution in [0, 0.1) is 5.92 Å². The number of aliphatic hydroxyl groups is 1. The summed E-state index contributed by atoms with van der Waals surface area (Å²) in [6, 6.07) is 9.05. The molecule has 0 aliphatic carbocycles. The van der Waals surface area contributed by atoms with Gasteiger partial charge in [0.2, 0.25) is 0 Å². The average molecular weight is 233 g/mol. The van der Waals surface area contributed by atoms with Crippen LogP contribution in [0.25, 0.3) is 0 Å². The van der Waals surface area contributed by atoms with Gasteiger partial charge in [0.15, 0.2) is 0 Å². The lowest BCUT2D eigenvalue weighted by Gasteiger charge is -2.24. The minimum atomic E-state index is -0.347. The summed E-state index contributed by atoms with van der Waals surface area (Å²) in [5, 5.41) is 9.99. The van der Waals surface area contributed by atoms with E-state index in [-0.39, 0.29) is 12.0 Å². The fourth-order valence-corrected chi connectivity index (χ4v) is 2.56. The van der Waals surface area contributed by atoms with Crippen LogP contribution in [0.2, 0.25) is 0 Å². The molecule has 1 aliphatic heterocycles. The molecule has 1 aromatic rings. The maximum atomic E-state index is 9.99. The third kappa shape index (κ3) is 2.63. The highest BCUT2D eigenvalue weighted by Crippen LogP contribution is 2.28. The van der Waals surface area contributed by atoms with Crippen LogP contribution in [0.15, 0.2) is 24.3 Å². The van der Waals surface area contributed by atoms with E-state index in [1.165, 1.54) is 18.5 Å². The van der Waals surface area contributed by atoms with E-state index in [9.17, 15) is 5.11 Å². The highest BCUT2D eigenvalue weighted by molar-refractivity contribution is 5.49. The Labute approximate surface area is 104 Å². The van der Waals surface area contributed by atoms with Gasteiger partial charge in [-0.15, -0.1) is 0 Å². The van der Waals surface area contributed by atoms with Crippen LogP contribution < -0.4 is 4.90 Å². The molecule has 1 fully saturated rings. The van der Waals surface area contributed by atoms with E-state index in [0.717, 1.165) is 12.1 Å². The minimum absolute atomic E-state index is 0.270. The van der Waals surface area contributed by atoms with Crippen molar-refractivity contribution in [3.63, 3.8) is 0 Å². The summed E-state index contributed by atoms with van der Waals surface area (Å²) in [6.07, 6.45) is 2.23. The van der Waals surface area contributed by atoms with Crippen LogP contribution >= 0.6 is 0 Å². The van der Waals surface area contributed by atoms with E-state index in [1.54, 1.807) is 0 Å². The molecule has 1 saturated heterocycles. The number of nitrogens with zero attached hydrogens (tertiary/aromatic N) is 1. The number of aliphatic hydroxyl groups excluding tert-OH is 1. The molecule has 2 nitrogen and oxygen atoms in total. The first-order valence-corrected chi connectivity index (χ1v) is 6.64. The Morgan fingerprint density at radius 1 is 1.24 bits per heavy atom. The summed E-state index contributed by atoms with van der Waals surface area (Å²) in [4.78, 5) is 2.45. The molecule has 1 N–H and O–H groups in total. The van der Waals surface area contributed by atoms with Crippen LogP contribution in [0.1, 0.15) is 45.3 Å². The normalized spacial score (nSPS) is 22.2. The second-order valence-electron chi connectivity index (χ2n) is 5.47. The molecule has 1 aliphatic rings. The predicted molar refractivity (Wildman–Crippen MR) is 72.3 cm³/mol. The van der Waals surface area contributed by atoms with Crippen LogP contribution in [0.5, 0.6) is 0 Å². The highest BCUT2D eigenvalue weighted by Gasteiger charge is 2.20. The lowest BCUT2D eigenvalue weighted by atomic mass is 9.99. The second-order valence-corrected chi connectivity index (χ2v) is 5.47. The Bertz CT molecular complexity index is 358. The number of rotatable bonds is 3. The van der Waals surface area contributed by atoms with E-state index < -0.39 is 0 Å². The van der Waals surface area contributed by atoms with Gasteiger partial charge in [0.05, 0.1) is 6.10 Å². The van der Waals surface area contributed by atoms with Crippen molar-refractivity contribution in [2.45, 2.75) is 45.8 Å². The van der Waals surface area contributed by atoms with Gasteiger partial charge in [-0.25, -0.2) is 0 Å². The Balaban J connectivity index is 2.12. The van der Waals surface area contributed by atoms with Gasteiger partial charge in [-0.1, -0.05) is 26.0 Å². The maximum Gasteiger partial charge on any atom is 0.0812 e. The molecule has 2 unspecified atom stereocenters. The molecule has 2 heteroatoms. The molecule has 0 saturated carbocycles. The summed E-state index contributed by atoms with van der Waals surface area (Å²) >= 11 is 0. The third-order valence-electron chi connectivity index (χ3n) is 3.75. The largest absolute Gasteiger partial charge is 0.388 e. The summed E-state index contributed by atoms with van der Waals surface area (Å²) in [7, 11) is 0. The zero-order valence-corrected chi connectivity index (χ0v) is 11.1. The molecular formula is C15H23NO. The average Bonchev–Trinajstić information content (AvgIpc) is 2.74. The van der Waals surface area contributed by atoms with Gasteiger partial charge >= 0.3 is 0 Å². The van der Waals surface area contributed by atoms with Gasteiger partial charge in [0, 0.05) is 18.3 Å². The molecule has 1 heterocycles. The monoisotopic (exact) mass is 233 g/mol. The van der Waals surface area contributed by atoms with Crippen molar-refractivity contribution in [3.05, 3.63) is 29.8 Å². The fraction of sp³-hybridized carbons (Fsp3) is 0.600. The molecule has 0 aromatic heterocycles. The first-order chi connectivity index (χ1) is 8.09. The van der Waals surface area contributed by atoms with Gasteiger partial charge < -0.3 is 10.0 Å². The Kier molecular flexibility index (Phi) is 3.72. The highest BCUT2D eigenvalue weighted by atomic mass is 16.3. The SMILES string of the molecule is CC(C)C(O)c1ccc(N2CCCC2C)cc1. The van der Waals surface area contributed by atoms with E-state index in [4.69, 9.17) is 0 Å². The smallest absolute Gasteiger partial charge is 0.0812 e. The molecule has 0 spiro atoms. The van der Waals surface area contributed by atoms with Crippen LogP contribution in [0.4, 0.5) is 5.69 Å². The standard InChI is InChI=1S/C15H23NO/c1-11(2)15(17)13-6-8-14(9-7-13)16-10-4-5-12(16)3/h6-9,11-12,15,17H,4-5,10H2,1-3H3. The molecule has 0 radical (unpaired) electrons. The minimum Gasteiger partial charge on any atom is -0.388 e. The first-order valence-electron chi connectivity index (χ1n) is 6.64. The van der Waals surface area contributed by atoms with Crippen LogP contribution in [0.3, 0.4) is 0 Å². The van der Waals surface area contributed by atoms with E-state index in [1.807, 2.05) is 13.8 Å². The molecule has 2 atom stereocenters. The first kappa shape index (κ1) is 12.4. The zero-order chi connectivity index (χ0) is 12.4. The Morgan fingerprint density at radius 3 is 2.35 bits per heavy atom. The zero-order valence-electron chi connectivity index (χ0n) is 11.1. The van der Waals surface area contributed by atoms with Crippen molar-refractivity contribution < 1.29 is 5.11 Å². The van der Waals surface area contributed by atoms with E-state index in [2.05, 4.69) is 36.1 Å². The van der Waals surface area contributed by atoms with Crippen molar-refractivity contribution in [1.82, 2.24) is 0 Å². The molecule has 17 heavy (non-hydrogen) atoms. The summed E-state index contributed by atoms with van der Waals surface area (Å²) < 4.78 is 0. The van der Waals surface area contributed by atoms with Crippen molar-refractivity contribution in [2.75, 3.05) is 11.4 Å². The summed E-state index contributed by atoms with van der Waals surface area (Å²) in [5.41, 5.74) is 2.31. The van der Waals surface area contributed by atoms with Crippen molar-refractivity contribution in [2.24, 2.45) is 5.92 Å². The number of benzene rings is 1. The van der Waals surface area contributed by atoms with Crippen LogP contribution in [-0.2, 0) is 0 Å². The van der Waals surface area contributed by atoms with Crippen LogP contribution in [-0.4, -0.2) is 17.7 Å². The maximum absolute atomic E-state index is 9.99. The molecule has 94 valence electrons. The lowest BCUT2D eigenvalue weighted by Crippen LogP contribution is -2.26. The molecule has 1 aromatic carbocycles. The summed E-state index contributed by atoms with van der Waals surface area (Å²) in [5.74, 6) is 0.270. The quantitative estimate of drug-likeness (QED) is 0.865. The molecule has 0 bridgehead atoms. The lowest BCUT2D eigenvalue weighted by molar-refractivity contribution is 0.127. The summed E-state index contributed by atoms with van der Waals surface area (Å²) in [6.45, 7) is 7.53. The number of hydrogen-bond donors (Lipinski definition) is 1. The van der Waals surface area contributed by atoms with Gasteiger partial charge in [-0.3, -0.25) is 0 Å². The van der Waals surface area contributed by atoms with E-state index >= 15 is 0 Å². The number of hydrogen-bond acceptors (Lipinski definition) is 2. The second kappa shape index (κ2) is 5.09. The van der Waals surface area contributed by atoms with Crippen molar-refractivity contribution >= 4 is 5.69 Å². The predicted octanol–water partition coefficient (Wildman–Crippen LogP) is 3.36. The topological polar surface area (TPSA) is 23.5 Å². The number of anilines is 1.